The van der Waals surface area contributed by atoms with Crippen LogP contribution in [0.25, 0.3) is 0 Å². The molecule has 0 aromatic carbocycles. The van der Waals surface area contributed by atoms with Crippen molar-refractivity contribution in [1.29, 1.82) is 0 Å². The van der Waals surface area contributed by atoms with E-state index in [1.54, 1.807) is 0 Å². The third-order valence-electron chi connectivity index (χ3n) is 6.64. The van der Waals surface area contributed by atoms with Gasteiger partial charge >= 0.3 is 7.12 Å². The second-order valence-electron chi connectivity index (χ2n) is 8.35. The van der Waals surface area contributed by atoms with Gasteiger partial charge < -0.3 is 9.31 Å². The van der Waals surface area contributed by atoms with Crippen LogP contribution in [0.3, 0.4) is 0 Å². The smallest absolute Gasteiger partial charge is 0.403 e. The number of hydrogen-bond acceptors (Lipinski definition) is 3. The second-order valence-corrected chi connectivity index (χ2v) is 8.35. The Morgan fingerprint density at radius 3 is 2.41 bits per heavy atom. The summed E-state index contributed by atoms with van der Waals surface area (Å²) in [6.45, 7) is 8.61. The quantitative estimate of drug-likeness (QED) is 0.772. The molecule has 4 unspecified atom stereocenters. The van der Waals surface area contributed by atoms with E-state index in [1.165, 1.54) is 24.8 Å². The molecule has 1 saturated heterocycles. The van der Waals surface area contributed by atoms with Crippen LogP contribution in [0, 0.1) is 11.8 Å². The van der Waals surface area contributed by atoms with Crippen molar-refractivity contribution in [2.45, 2.75) is 69.9 Å². The van der Waals surface area contributed by atoms with Crippen LogP contribution in [0.15, 0.2) is 24.5 Å². The summed E-state index contributed by atoms with van der Waals surface area (Å²) in [6, 6.07) is 4.29. The summed E-state index contributed by atoms with van der Waals surface area (Å²) in [5.41, 5.74) is 0.896. The van der Waals surface area contributed by atoms with Crippen LogP contribution >= 0.6 is 0 Å². The number of aromatic nitrogens is 1. The molecule has 0 amide bonds. The lowest BCUT2D eigenvalue weighted by atomic mass is 9.57. The van der Waals surface area contributed by atoms with Crippen molar-refractivity contribution in [2.75, 3.05) is 0 Å². The molecule has 2 bridgehead atoms. The van der Waals surface area contributed by atoms with E-state index < -0.39 is 0 Å². The zero-order valence-electron chi connectivity index (χ0n) is 14.1. The first-order valence-electron chi connectivity index (χ1n) is 8.65. The zero-order valence-corrected chi connectivity index (χ0v) is 14.1. The average Bonchev–Trinajstić information content (AvgIpc) is 3.12. The first kappa shape index (κ1) is 14.7. The second kappa shape index (κ2) is 4.81. The van der Waals surface area contributed by atoms with Gasteiger partial charge in [-0.25, -0.2) is 0 Å². The molecule has 1 aromatic heterocycles. The topological polar surface area (TPSA) is 31.4 Å². The fourth-order valence-electron chi connectivity index (χ4n) is 4.84. The van der Waals surface area contributed by atoms with Crippen molar-refractivity contribution in [3.63, 3.8) is 0 Å². The average molecular weight is 299 g/mol. The molecule has 1 aromatic rings. The van der Waals surface area contributed by atoms with E-state index in [9.17, 15) is 0 Å². The summed E-state index contributed by atoms with van der Waals surface area (Å²) in [6.07, 6.45) is 7.91. The lowest BCUT2D eigenvalue weighted by molar-refractivity contribution is 0.00578. The van der Waals surface area contributed by atoms with Crippen molar-refractivity contribution in [2.24, 2.45) is 11.8 Å². The van der Waals surface area contributed by atoms with E-state index in [-0.39, 0.29) is 18.3 Å². The normalized spacial score (nSPS) is 38.6. The largest absolute Gasteiger partial charge is 0.462 e. The van der Waals surface area contributed by atoms with Gasteiger partial charge in [-0.1, -0.05) is 12.5 Å². The molecule has 22 heavy (non-hydrogen) atoms. The summed E-state index contributed by atoms with van der Waals surface area (Å²) < 4.78 is 12.8. The van der Waals surface area contributed by atoms with E-state index in [1.807, 2.05) is 12.4 Å². The van der Waals surface area contributed by atoms with Gasteiger partial charge in [0.2, 0.25) is 0 Å². The molecular formula is C18H26BNO2. The van der Waals surface area contributed by atoms with Crippen LogP contribution < -0.4 is 0 Å². The number of fused-ring (bicyclic) bond motifs is 2. The van der Waals surface area contributed by atoms with Crippen molar-refractivity contribution in [3.8, 4) is 0 Å². The van der Waals surface area contributed by atoms with Gasteiger partial charge in [-0.2, -0.15) is 0 Å². The molecule has 2 heterocycles. The molecule has 0 spiro atoms. The minimum absolute atomic E-state index is 0.0782. The molecule has 3 nitrogen and oxygen atoms in total. The molecule has 0 radical (unpaired) electrons. The Bertz CT molecular complexity index is 543. The summed E-state index contributed by atoms with van der Waals surface area (Å²) in [7, 11) is -0.0782. The van der Waals surface area contributed by atoms with E-state index >= 15 is 0 Å². The van der Waals surface area contributed by atoms with Crippen molar-refractivity contribution >= 4 is 7.12 Å². The number of hydrogen-bond donors (Lipinski definition) is 0. The molecule has 3 aliphatic rings. The third-order valence-corrected chi connectivity index (χ3v) is 6.64. The number of rotatable bonds is 2. The molecule has 1 aliphatic heterocycles. The molecule has 118 valence electrons. The van der Waals surface area contributed by atoms with Crippen molar-refractivity contribution in [1.82, 2.24) is 4.98 Å². The molecule has 3 fully saturated rings. The zero-order chi connectivity index (χ0) is 15.5. The lowest BCUT2D eigenvalue weighted by Gasteiger charge is -2.32. The Morgan fingerprint density at radius 2 is 1.77 bits per heavy atom. The number of pyridine rings is 1. The van der Waals surface area contributed by atoms with Gasteiger partial charge in [-0.05, 0) is 69.9 Å². The maximum Gasteiger partial charge on any atom is 0.462 e. The molecule has 4 rings (SSSR count). The Morgan fingerprint density at radius 1 is 1.09 bits per heavy atom. The van der Waals surface area contributed by atoms with Crippen LogP contribution in [0.1, 0.15) is 58.4 Å². The maximum atomic E-state index is 6.41. The van der Waals surface area contributed by atoms with Gasteiger partial charge in [-0.3, -0.25) is 4.98 Å². The lowest BCUT2D eigenvalue weighted by Crippen LogP contribution is -2.41. The first-order chi connectivity index (χ1) is 10.4. The minimum Gasteiger partial charge on any atom is -0.403 e. The molecule has 0 N–H and O–H groups in total. The van der Waals surface area contributed by atoms with Crippen molar-refractivity contribution in [3.05, 3.63) is 30.1 Å². The van der Waals surface area contributed by atoms with Crippen LogP contribution in [0.4, 0.5) is 0 Å². The van der Waals surface area contributed by atoms with E-state index in [4.69, 9.17) is 9.31 Å². The van der Waals surface area contributed by atoms with E-state index in [0.717, 1.165) is 11.8 Å². The summed E-state index contributed by atoms with van der Waals surface area (Å²) in [5.74, 6) is 2.54. The van der Waals surface area contributed by atoms with Crippen molar-refractivity contribution < 1.29 is 9.31 Å². The Balaban J connectivity index is 1.66. The van der Waals surface area contributed by atoms with Gasteiger partial charge in [0, 0.05) is 18.2 Å². The van der Waals surface area contributed by atoms with E-state index in [2.05, 4.69) is 44.8 Å². The highest BCUT2D eigenvalue weighted by atomic mass is 16.7. The van der Waals surface area contributed by atoms with Gasteiger partial charge in [0.05, 0.1) is 11.2 Å². The Labute approximate surface area is 133 Å². The van der Waals surface area contributed by atoms with Crippen LogP contribution in [-0.2, 0) is 9.31 Å². The fraction of sp³-hybridized carbons (Fsp3) is 0.722. The molecule has 2 aliphatic carbocycles. The predicted octanol–water partition coefficient (Wildman–Crippen LogP) is 4.06. The summed E-state index contributed by atoms with van der Waals surface area (Å²) in [4.78, 5) is 4.35. The Hall–Kier alpha value is -0.865. The highest BCUT2D eigenvalue weighted by Gasteiger charge is 2.61. The van der Waals surface area contributed by atoms with Gasteiger partial charge in [-0.15, -0.1) is 0 Å². The minimum atomic E-state index is -0.237. The third kappa shape index (κ3) is 2.07. The highest BCUT2D eigenvalue weighted by molar-refractivity contribution is 6.48. The summed E-state index contributed by atoms with van der Waals surface area (Å²) in [5, 5.41) is 0. The summed E-state index contributed by atoms with van der Waals surface area (Å²) >= 11 is 0. The Kier molecular flexibility index (Phi) is 3.22. The van der Waals surface area contributed by atoms with Gasteiger partial charge in [0.15, 0.2) is 0 Å². The van der Waals surface area contributed by atoms with E-state index in [0.29, 0.717) is 11.7 Å². The first-order valence-corrected chi connectivity index (χ1v) is 8.65. The van der Waals surface area contributed by atoms with Gasteiger partial charge in [0.25, 0.3) is 0 Å². The fourth-order valence-corrected chi connectivity index (χ4v) is 4.84. The van der Waals surface area contributed by atoms with Crippen LogP contribution in [0.2, 0.25) is 5.82 Å². The predicted molar refractivity (Wildman–Crippen MR) is 87.6 cm³/mol. The number of nitrogens with zero attached hydrogens (tertiary/aromatic N) is 1. The molecule has 4 atom stereocenters. The SMILES string of the molecule is CC1(C)OB(C2C3CCC(C3)C2c2cccnc2)OC1(C)C. The highest BCUT2D eigenvalue weighted by Crippen LogP contribution is 2.62. The maximum absolute atomic E-state index is 6.41. The van der Waals surface area contributed by atoms with Crippen LogP contribution in [0.5, 0.6) is 0 Å². The molecule has 2 saturated carbocycles. The van der Waals surface area contributed by atoms with Crippen LogP contribution in [-0.4, -0.2) is 23.3 Å². The molecule has 4 heteroatoms. The molecular weight excluding hydrogens is 273 g/mol. The monoisotopic (exact) mass is 299 g/mol. The van der Waals surface area contributed by atoms with Gasteiger partial charge in [0.1, 0.15) is 0 Å². The standard InChI is InChI=1S/C18H26BNO2/c1-17(2)18(3,4)22-19(21-17)16-13-8-7-12(10-13)15(16)14-6-5-9-20-11-14/h5-6,9,11-13,15-16H,7-8,10H2,1-4H3.